The fourth-order valence-electron chi connectivity index (χ4n) is 1.47. The monoisotopic (exact) mass is 235 g/mol. The van der Waals surface area contributed by atoms with Gasteiger partial charge in [-0.1, -0.05) is 11.6 Å². The van der Waals surface area contributed by atoms with E-state index in [-0.39, 0.29) is 7.09 Å². The molecule has 0 aliphatic rings. The minimum absolute atomic E-state index is 0.152. The van der Waals surface area contributed by atoms with Crippen LogP contribution in [0.5, 0.6) is 5.75 Å². The molecule has 0 saturated heterocycles. The van der Waals surface area contributed by atoms with Crippen LogP contribution < -0.4 is 4.74 Å². The first-order chi connectivity index (χ1) is 8.20. The molecule has 0 saturated carbocycles. The number of nitrogens with zero attached hydrogens (tertiary/aromatic N) is 2. The molecule has 4 heteroatoms. The van der Waals surface area contributed by atoms with Crippen molar-refractivity contribution < 1.29 is 6.11 Å². The highest BCUT2D eigenvalue weighted by Gasteiger charge is 2.07. The molecular weight excluding hydrogens is 224 g/mol. The van der Waals surface area contributed by atoms with E-state index in [2.05, 4.69) is 9.97 Å². The second-order valence-electron chi connectivity index (χ2n) is 3.33. The molecule has 2 aromatic rings. The van der Waals surface area contributed by atoms with Crippen LogP contribution in [0.25, 0.3) is 11.1 Å². The highest BCUT2D eigenvalue weighted by atomic mass is 35.5. The number of hydrogen-bond donors (Lipinski definition) is 0. The third kappa shape index (κ3) is 2.14. The summed E-state index contributed by atoms with van der Waals surface area (Å²) >= 11 is 5.88. The second-order valence-corrected chi connectivity index (χ2v) is 3.72. The second kappa shape index (κ2) is 4.49. The van der Waals surface area contributed by atoms with Crippen molar-refractivity contribution in [2.24, 2.45) is 0 Å². The van der Waals surface area contributed by atoms with Gasteiger partial charge in [-0.2, -0.15) is 0 Å². The summed E-state index contributed by atoms with van der Waals surface area (Å²) in [5.74, 6) is 0.551. The van der Waals surface area contributed by atoms with Crippen molar-refractivity contribution in [2.75, 3.05) is 7.09 Å². The van der Waals surface area contributed by atoms with Crippen molar-refractivity contribution in [1.29, 1.82) is 0 Å². The molecule has 0 aromatic carbocycles. The molecule has 2 aromatic heterocycles. The SMILES string of the molecule is [2H]COc1cnc(Cl)cc1-c1ccnc(C)c1. The Hall–Kier alpha value is -1.61. The van der Waals surface area contributed by atoms with E-state index in [1.807, 2.05) is 19.1 Å². The topological polar surface area (TPSA) is 35.0 Å². The normalized spacial score (nSPS) is 11.0. The van der Waals surface area contributed by atoms with Gasteiger partial charge in [-0.3, -0.25) is 4.98 Å². The van der Waals surface area contributed by atoms with Gasteiger partial charge in [0, 0.05) is 17.5 Å². The van der Waals surface area contributed by atoms with Gasteiger partial charge < -0.3 is 4.74 Å². The molecule has 82 valence electrons. The van der Waals surface area contributed by atoms with Crippen molar-refractivity contribution >= 4 is 11.6 Å². The largest absolute Gasteiger partial charge is 0.494 e. The van der Waals surface area contributed by atoms with Gasteiger partial charge in [0.25, 0.3) is 0 Å². The third-order valence-electron chi connectivity index (χ3n) is 2.20. The standard InChI is InChI=1S/C12H11ClN2O/c1-8-5-9(3-4-14-8)10-6-12(13)15-7-11(10)16-2/h3-7H,1-2H3/i2D. The Morgan fingerprint density at radius 1 is 1.38 bits per heavy atom. The zero-order valence-electron chi connectivity index (χ0n) is 9.77. The third-order valence-corrected chi connectivity index (χ3v) is 2.40. The summed E-state index contributed by atoms with van der Waals surface area (Å²) in [6.07, 6.45) is 3.26. The number of aryl methyl sites for hydroxylation is 1. The van der Waals surface area contributed by atoms with Crippen LogP contribution in [0.4, 0.5) is 0 Å². The van der Waals surface area contributed by atoms with Gasteiger partial charge in [-0.05, 0) is 30.7 Å². The molecule has 16 heavy (non-hydrogen) atoms. The Bertz CT molecular complexity index is 534. The maximum absolute atomic E-state index is 7.10. The van der Waals surface area contributed by atoms with E-state index in [1.54, 1.807) is 12.3 Å². The number of methoxy groups -OCH3 is 1. The summed E-state index contributed by atoms with van der Waals surface area (Å²) in [6.45, 7) is 1.91. The Kier molecular flexibility index (Phi) is 2.70. The van der Waals surface area contributed by atoms with Gasteiger partial charge in [0.15, 0.2) is 0 Å². The molecule has 0 unspecified atom stereocenters. The number of pyridine rings is 2. The molecule has 3 nitrogen and oxygen atoms in total. The zero-order chi connectivity index (χ0) is 12.3. The molecule has 0 spiro atoms. The average Bonchev–Trinajstić information content (AvgIpc) is 2.32. The Labute approximate surface area is 100 Å². The van der Waals surface area contributed by atoms with Crippen molar-refractivity contribution in [1.82, 2.24) is 9.97 Å². The van der Waals surface area contributed by atoms with E-state index in [0.717, 1.165) is 16.8 Å². The summed E-state index contributed by atoms with van der Waals surface area (Å²) in [5.41, 5.74) is 2.68. The van der Waals surface area contributed by atoms with Gasteiger partial charge in [-0.15, -0.1) is 0 Å². The Morgan fingerprint density at radius 2 is 2.25 bits per heavy atom. The Morgan fingerprint density at radius 3 is 3.00 bits per heavy atom. The van der Waals surface area contributed by atoms with Crippen molar-refractivity contribution in [2.45, 2.75) is 6.92 Å². The van der Waals surface area contributed by atoms with Gasteiger partial charge in [0.2, 0.25) is 0 Å². The summed E-state index contributed by atoms with van der Waals surface area (Å²) in [6, 6.07) is 5.53. The van der Waals surface area contributed by atoms with Gasteiger partial charge in [0.1, 0.15) is 10.9 Å². The van der Waals surface area contributed by atoms with E-state index in [4.69, 9.17) is 17.7 Å². The lowest BCUT2D eigenvalue weighted by atomic mass is 10.1. The van der Waals surface area contributed by atoms with E-state index in [9.17, 15) is 0 Å². The molecule has 2 rings (SSSR count). The summed E-state index contributed by atoms with van der Waals surface area (Å²) in [4.78, 5) is 8.08. The maximum Gasteiger partial charge on any atom is 0.145 e. The molecule has 2 heterocycles. The first-order valence-electron chi connectivity index (χ1n) is 5.42. The van der Waals surface area contributed by atoms with Crippen LogP contribution in [0.15, 0.2) is 30.6 Å². The molecule has 0 radical (unpaired) electrons. The lowest BCUT2D eigenvalue weighted by Crippen LogP contribution is -1.91. The quantitative estimate of drug-likeness (QED) is 0.751. The van der Waals surface area contributed by atoms with E-state index < -0.39 is 0 Å². The first-order valence-corrected chi connectivity index (χ1v) is 5.09. The van der Waals surface area contributed by atoms with Gasteiger partial charge in [-0.25, -0.2) is 4.98 Å². The molecule has 0 aliphatic heterocycles. The molecule has 0 N–H and O–H groups in total. The minimum Gasteiger partial charge on any atom is -0.494 e. The molecule has 0 amide bonds. The molecular formula is C12H11ClN2O. The van der Waals surface area contributed by atoms with Crippen LogP contribution in [0.1, 0.15) is 7.06 Å². The van der Waals surface area contributed by atoms with Crippen LogP contribution in [0.2, 0.25) is 5.15 Å². The molecule has 0 fully saturated rings. The van der Waals surface area contributed by atoms with Crippen molar-refractivity contribution in [3.63, 3.8) is 0 Å². The highest BCUT2D eigenvalue weighted by Crippen LogP contribution is 2.30. The maximum atomic E-state index is 7.10. The van der Waals surface area contributed by atoms with Gasteiger partial charge >= 0.3 is 0 Å². The predicted molar refractivity (Wildman–Crippen MR) is 63.8 cm³/mol. The first kappa shape index (κ1) is 9.60. The lowest BCUT2D eigenvalue weighted by Gasteiger charge is -2.08. The molecule has 0 aliphatic carbocycles. The van der Waals surface area contributed by atoms with Crippen LogP contribution in [0, 0.1) is 6.92 Å². The van der Waals surface area contributed by atoms with Crippen LogP contribution in [0.3, 0.4) is 0 Å². The summed E-state index contributed by atoms with van der Waals surface area (Å²) in [5, 5.41) is 0.395. The fraction of sp³-hybridized carbons (Fsp3) is 0.167. The van der Waals surface area contributed by atoms with E-state index in [1.165, 1.54) is 6.20 Å². The van der Waals surface area contributed by atoms with Crippen LogP contribution in [-0.4, -0.2) is 17.1 Å². The lowest BCUT2D eigenvalue weighted by molar-refractivity contribution is 0.414. The number of rotatable bonds is 2. The van der Waals surface area contributed by atoms with Crippen LogP contribution >= 0.6 is 11.6 Å². The number of aromatic nitrogens is 2. The average molecular weight is 236 g/mol. The number of halogens is 1. The van der Waals surface area contributed by atoms with Crippen LogP contribution in [-0.2, 0) is 0 Å². The molecule has 0 bridgehead atoms. The number of ether oxygens (including phenoxy) is 1. The van der Waals surface area contributed by atoms with Crippen molar-refractivity contribution in [3.8, 4) is 16.9 Å². The smallest absolute Gasteiger partial charge is 0.145 e. The minimum atomic E-state index is -0.152. The summed E-state index contributed by atoms with van der Waals surface area (Å²) < 4.78 is 12.3. The molecule has 0 atom stereocenters. The predicted octanol–water partition coefficient (Wildman–Crippen LogP) is 3.11. The fourth-order valence-corrected chi connectivity index (χ4v) is 1.63. The van der Waals surface area contributed by atoms with Gasteiger partial charge in [0.05, 0.1) is 14.7 Å². The number of hydrogen-bond acceptors (Lipinski definition) is 3. The Balaban J connectivity index is 2.52. The van der Waals surface area contributed by atoms with E-state index in [0.29, 0.717) is 10.9 Å². The van der Waals surface area contributed by atoms with E-state index >= 15 is 0 Å². The summed E-state index contributed by atoms with van der Waals surface area (Å²) in [7, 11) is -0.152. The zero-order valence-corrected chi connectivity index (χ0v) is 9.53. The van der Waals surface area contributed by atoms with Crippen molar-refractivity contribution in [3.05, 3.63) is 41.4 Å². The highest BCUT2D eigenvalue weighted by molar-refractivity contribution is 6.29.